The summed E-state index contributed by atoms with van der Waals surface area (Å²) in [5.41, 5.74) is 0.536. The smallest absolute Gasteiger partial charge is 0.271 e. The summed E-state index contributed by atoms with van der Waals surface area (Å²) >= 11 is 0. The Morgan fingerprint density at radius 3 is 2.42 bits per heavy atom. The summed E-state index contributed by atoms with van der Waals surface area (Å²) in [4.78, 5) is 23.1. The molecule has 0 unspecified atom stereocenters. The van der Waals surface area contributed by atoms with Crippen LogP contribution in [0.3, 0.4) is 0 Å². The number of nitro benzene ring substituents is 1. The van der Waals surface area contributed by atoms with Crippen molar-refractivity contribution in [3.05, 3.63) is 52.1 Å². The Balaban J connectivity index is 1.75. The molecule has 11 nitrogen and oxygen atoms in total. The molecule has 1 saturated heterocycles. The lowest BCUT2D eigenvalue weighted by atomic mass is 10.1. The van der Waals surface area contributed by atoms with E-state index in [0.29, 0.717) is 24.5 Å². The molecule has 1 aliphatic rings. The fraction of sp³-hybridized carbons (Fsp3) is 0.381. The van der Waals surface area contributed by atoms with Gasteiger partial charge in [-0.2, -0.15) is 4.31 Å². The number of sulfonamides is 1. The molecule has 0 bridgehead atoms. The maximum absolute atomic E-state index is 13.0. The average Bonchev–Trinajstić information content (AvgIpc) is 2.83. The van der Waals surface area contributed by atoms with Gasteiger partial charge in [-0.3, -0.25) is 14.9 Å². The molecule has 178 valence electrons. The summed E-state index contributed by atoms with van der Waals surface area (Å²) in [5, 5.41) is 13.6. The number of rotatable bonds is 9. The van der Waals surface area contributed by atoms with Crippen LogP contribution in [-0.4, -0.2) is 64.1 Å². The SMILES string of the molecule is COc1ccc(S(=O)(=O)N2CCOCC2)cc1CCC(=O)Nc1cc([N+](=O)[O-])ccc1OC. The molecular weight excluding hydrogens is 454 g/mol. The molecule has 2 aromatic rings. The number of nitro groups is 1. The van der Waals surface area contributed by atoms with Crippen LogP contribution in [-0.2, 0) is 26.0 Å². The Bertz CT molecular complexity index is 1130. The quantitative estimate of drug-likeness (QED) is 0.427. The Morgan fingerprint density at radius 2 is 1.79 bits per heavy atom. The second kappa shape index (κ2) is 10.6. The first-order chi connectivity index (χ1) is 15.8. The van der Waals surface area contributed by atoms with Crippen molar-refractivity contribution >= 4 is 27.3 Å². The highest BCUT2D eigenvalue weighted by atomic mass is 32.2. The number of hydrogen-bond acceptors (Lipinski definition) is 8. The molecule has 33 heavy (non-hydrogen) atoms. The highest BCUT2D eigenvalue weighted by Crippen LogP contribution is 2.30. The van der Waals surface area contributed by atoms with Crippen molar-refractivity contribution < 1.29 is 32.3 Å². The molecule has 1 fully saturated rings. The van der Waals surface area contributed by atoms with Gasteiger partial charge in [0.1, 0.15) is 11.5 Å². The average molecular weight is 480 g/mol. The summed E-state index contributed by atoms with van der Waals surface area (Å²) in [6.07, 6.45) is 0.183. The molecule has 0 aliphatic carbocycles. The van der Waals surface area contributed by atoms with Gasteiger partial charge in [0.15, 0.2) is 0 Å². The van der Waals surface area contributed by atoms with Crippen LogP contribution < -0.4 is 14.8 Å². The van der Waals surface area contributed by atoms with Crippen molar-refractivity contribution in [2.24, 2.45) is 0 Å². The number of non-ortho nitro benzene ring substituents is 1. The van der Waals surface area contributed by atoms with Crippen LogP contribution in [0.1, 0.15) is 12.0 Å². The van der Waals surface area contributed by atoms with Crippen LogP contribution in [0.5, 0.6) is 11.5 Å². The van der Waals surface area contributed by atoms with Gasteiger partial charge in [-0.1, -0.05) is 0 Å². The summed E-state index contributed by atoms with van der Waals surface area (Å²) < 4.78 is 43.0. The van der Waals surface area contributed by atoms with Crippen LogP contribution in [0, 0.1) is 10.1 Å². The Labute approximate surface area is 191 Å². The number of carbonyl (C=O) groups is 1. The van der Waals surface area contributed by atoms with Crippen LogP contribution in [0.25, 0.3) is 0 Å². The molecule has 1 amide bonds. The van der Waals surface area contributed by atoms with E-state index in [2.05, 4.69) is 5.32 Å². The lowest BCUT2D eigenvalue weighted by molar-refractivity contribution is -0.384. The van der Waals surface area contributed by atoms with Gasteiger partial charge in [0.2, 0.25) is 15.9 Å². The summed E-state index contributed by atoms with van der Waals surface area (Å²) in [5.74, 6) is 0.319. The molecule has 1 aliphatic heterocycles. The first-order valence-corrected chi connectivity index (χ1v) is 11.6. The first kappa shape index (κ1) is 24.4. The van der Waals surface area contributed by atoms with Crippen molar-refractivity contribution in [2.45, 2.75) is 17.7 Å². The van der Waals surface area contributed by atoms with Crippen molar-refractivity contribution in [1.82, 2.24) is 4.31 Å². The molecular formula is C21H25N3O8S. The normalized spacial score (nSPS) is 14.5. The number of ether oxygens (including phenoxy) is 3. The van der Waals surface area contributed by atoms with Gasteiger partial charge in [0.25, 0.3) is 5.69 Å². The van der Waals surface area contributed by atoms with E-state index in [-0.39, 0.29) is 48.0 Å². The van der Waals surface area contributed by atoms with Gasteiger partial charge >= 0.3 is 0 Å². The first-order valence-electron chi connectivity index (χ1n) is 10.1. The van der Waals surface area contributed by atoms with Crippen LogP contribution in [0.15, 0.2) is 41.3 Å². The van der Waals surface area contributed by atoms with E-state index >= 15 is 0 Å². The number of nitrogens with zero attached hydrogens (tertiary/aromatic N) is 2. The minimum atomic E-state index is -3.70. The summed E-state index contributed by atoms with van der Waals surface area (Å²) in [7, 11) is -0.849. The van der Waals surface area contributed by atoms with E-state index < -0.39 is 20.9 Å². The second-order valence-electron chi connectivity index (χ2n) is 7.18. The van der Waals surface area contributed by atoms with Crippen molar-refractivity contribution in [2.75, 3.05) is 45.8 Å². The summed E-state index contributed by atoms with van der Waals surface area (Å²) in [6.45, 7) is 1.22. The molecule has 12 heteroatoms. The number of anilines is 1. The highest BCUT2D eigenvalue weighted by Gasteiger charge is 2.27. The standard InChI is InChI=1S/C21H25N3O8S/c1-30-19-7-5-17(33(28,29)23-9-11-32-12-10-23)13-15(19)3-8-21(25)22-18-14-16(24(26)27)4-6-20(18)31-2/h4-7,13-14H,3,8-12H2,1-2H3,(H,22,25). The zero-order chi connectivity index (χ0) is 24.0. The molecule has 0 saturated carbocycles. The third kappa shape index (κ3) is 5.78. The minimum Gasteiger partial charge on any atom is -0.496 e. The molecule has 0 aromatic heterocycles. The number of benzene rings is 2. The predicted octanol–water partition coefficient (Wildman–Crippen LogP) is 2.20. The zero-order valence-corrected chi connectivity index (χ0v) is 19.1. The summed E-state index contributed by atoms with van der Waals surface area (Å²) in [6, 6.07) is 8.43. The Hall–Kier alpha value is -3.22. The van der Waals surface area contributed by atoms with Gasteiger partial charge in [0, 0.05) is 31.6 Å². The fourth-order valence-electron chi connectivity index (χ4n) is 3.41. The second-order valence-corrected chi connectivity index (χ2v) is 9.12. The monoisotopic (exact) mass is 479 g/mol. The molecule has 0 spiro atoms. The number of morpholine rings is 1. The maximum atomic E-state index is 13.0. The van der Waals surface area contributed by atoms with E-state index in [1.165, 1.54) is 48.9 Å². The molecule has 0 atom stereocenters. The molecule has 1 N–H and O–H groups in total. The number of carbonyl (C=O) groups excluding carboxylic acids is 1. The third-order valence-corrected chi connectivity index (χ3v) is 7.04. The predicted molar refractivity (Wildman–Crippen MR) is 119 cm³/mol. The zero-order valence-electron chi connectivity index (χ0n) is 18.3. The van der Waals surface area contributed by atoms with Gasteiger partial charge in [-0.15, -0.1) is 0 Å². The number of nitrogens with one attached hydrogen (secondary N) is 1. The fourth-order valence-corrected chi connectivity index (χ4v) is 4.87. The lowest BCUT2D eigenvalue weighted by Gasteiger charge is -2.26. The third-order valence-electron chi connectivity index (χ3n) is 5.15. The van der Waals surface area contributed by atoms with E-state index in [1.807, 2.05) is 0 Å². The van der Waals surface area contributed by atoms with E-state index in [1.54, 1.807) is 6.07 Å². The number of amides is 1. The highest BCUT2D eigenvalue weighted by molar-refractivity contribution is 7.89. The molecule has 2 aromatic carbocycles. The van der Waals surface area contributed by atoms with Crippen molar-refractivity contribution in [3.63, 3.8) is 0 Å². The largest absolute Gasteiger partial charge is 0.496 e. The number of methoxy groups -OCH3 is 2. The Morgan fingerprint density at radius 1 is 1.12 bits per heavy atom. The van der Waals surface area contributed by atoms with Gasteiger partial charge < -0.3 is 19.5 Å². The Kier molecular flexibility index (Phi) is 7.84. The van der Waals surface area contributed by atoms with Gasteiger partial charge in [-0.05, 0) is 36.2 Å². The topological polar surface area (TPSA) is 137 Å². The minimum absolute atomic E-state index is 0.0107. The van der Waals surface area contributed by atoms with Crippen molar-refractivity contribution in [1.29, 1.82) is 0 Å². The van der Waals surface area contributed by atoms with E-state index in [0.717, 1.165) is 0 Å². The molecule has 0 radical (unpaired) electrons. The van der Waals surface area contributed by atoms with Crippen LogP contribution >= 0.6 is 0 Å². The van der Waals surface area contributed by atoms with Crippen LogP contribution in [0.2, 0.25) is 0 Å². The van der Waals surface area contributed by atoms with Gasteiger partial charge in [0.05, 0.1) is 42.9 Å². The van der Waals surface area contributed by atoms with E-state index in [9.17, 15) is 23.3 Å². The maximum Gasteiger partial charge on any atom is 0.271 e. The number of aryl methyl sites for hydroxylation is 1. The molecule has 3 rings (SSSR count). The molecule has 1 heterocycles. The van der Waals surface area contributed by atoms with Crippen LogP contribution in [0.4, 0.5) is 11.4 Å². The van der Waals surface area contributed by atoms with E-state index in [4.69, 9.17) is 14.2 Å². The number of hydrogen-bond donors (Lipinski definition) is 1. The lowest BCUT2D eigenvalue weighted by Crippen LogP contribution is -2.40. The van der Waals surface area contributed by atoms with Crippen molar-refractivity contribution in [3.8, 4) is 11.5 Å². The van der Waals surface area contributed by atoms with Gasteiger partial charge in [-0.25, -0.2) is 8.42 Å².